The van der Waals surface area contributed by atoms with Crippen LogP contribution < -0.4 is 0 Å². The highest BCUT2D eigenvalue weighted by Gasteiger charge is 2.20. The third-order valence-corrected chi connectivity index (χ3v) is 2.56. The first-order valence-electron chi connectivity index (χ1n) is 3.83. The summed E-state index contributed by atoms with van der Waals surface area (Å²) in [6.45, 7) is 1.35. The second-order valence-corrected chi connectivity index (χ2v) is 3.64. The first-order valence-corrected chi connectivity index (χ1v) is 4.82. The van der Waals surface area contributed by atoms with Gasteiger partial charge in [0.05, 0.1) is 0 Å². The van der Waals surface area contributed by atoms with Gasteiger partial charge < -0.3 is 10.0 Å². The minimum atomic E-state index is -0.797. The molecule has 12 heavy (non-hydrogen) atoms. The molecule has 0 aromatic heterocycles. The number of carbonyl (C=O) groups is 2. The zero-order valence-electron chi connectivity index (χ0n) is 6.65. The maximum atomic E-state index is 11.0. The number of amides is 1. The number of hydrogen-bond donors (Lipinski definition) is 1. The number of carboxylic acid groups (broad SMARTS) is 1. The van der Waals surface area contributed by atoms with Crippen molar-refractivity contribution < 1.29 is 14.7 Å². The molecule has 1 fully saturated rings. The summed E-state index contributed by atoms with van der Waals surface area (Å²) in [5.74, 6) is 0.0422. The topological polar surface area (TPSA) is 57.6 Å². The molecule has 0 unspecified atom stereocenters. The average molecular weight is 189 g/mol. The van der Waals surface area contributed by atoms with Crippen LogP contribution in [0.3, 0.4) is 0 Å². The van der Waals surface area contributed by atoms with E-state index in [0.717, 1.165) is 12.3 Å². The Hall–Kier alpha value is -0.710. The van der Waals surface area contributed by atoms with E-state index >= 15 is 0 Å². The Kier molecular flexibility index (Phi) is 3.40. The lowest BCUT2D eigenvalue weighted by Crippen LogP contribution is -2.24. The standard InChI is InChI=1S/C7H11NO3S/c9-6(10)2-1-3-8-4-5-12-7(8)11/h1-5H2,(H,9,10). The van der Waals surface area contributed by atoms with Crippen molar-refractivity contribution in [3.05, 3.63) is 0 Å². The van der Waals surface area contributed by atoms with Gasteiger partial charge in [-0.25, -0.2) is 0 Å². The summed E-state index contributed by atoms with van der Waals surface area (Å²) in [6.07, 6.45) is 0.704. The van der Waals surface area contributed by atoms with E-state index in [1.54, 1.807) is 4.90 Å². The lowest BCUT2D eigenvalue weighted by atomic mass is 10.3. The highest BCUT2D eigenvalue weighted by molar-refractivity contribution is 8.13. The molecule has 1 aliphatic rings. The van der Waals surface area contributed by atoms with Gasteiger partial charge in [0.25, 0.3) is 5.24 Å². The Morgan fingerprint density at radius 3 is 2.92 bits per heavy atom. The van der Waals surface area contributed by atoms with Crippen molar-refractivity contribution in [2.45, 2.75) is 12.8 Å². The van der Waals surface area contributed by atoms with E-state index in [0.29, 0.717) is 13.0 Å². The molecule has 1 rings (SSSR count). The van der Waals surface area contributed by atoms with E-state index in [1.165, 1.54) is 11.8 Å². The second kappa shape index (κ2) is 4.35. The maximum absolute atomic E-state index is 11.0. The predicted molar refractivity (Wildman–Crippen MR) is 46.3 cm³/mol. The van der Waals surface area contributed by atoms with Crippen molar-refractivity contribution >= 4 is 23.0 Å². The fourth-order valence-electron chi connectivity index (χ4n) is 1.05. The van der Waals surface area contributed by atoms with E-state index in [4.69, 9.17) is 5.11 Å². The highest BCUT2D eigenvalue weighted by atomic mass is 32.2. The second-order valence-electron chi connectivity index (χ2n) is 2.60. The molecular formula is C7H11NO3S. The van der Waals surface area contributed by atoms with Crippen molar-refractivity contribution in [2.24, 2.45) is 0 Å². The molecule has 0 aromatic carbocycles. The molecule has 0 aliphatic carbocycles. The number of carboxylic acids is 1. The summed E-state index contributed by atoms with van der Waals surface area (Å²) in [5.41, 5.74) is 0. The van der Waals surface area contributed by atoms with Gasteiger partial charge in [-0.1, -0.05) is 11.8 Å². The molecular weight excluding hydrogens is 178 g/mol. The van der Waals surface area contributed by atoms with Gasteiger partial charge in [0.1, 0.15) is 0 Å². The third-order valence-electron chi connectivity index (χ3n) is 1.66. The van der Waals surface area contributed by atoms with Crippen LogP contribution in [0, 0.1) is 0 Å². The van der Waals surface area contributed by atoms with Crippen molar-refractivity contribution in [3.63, 3.8) is 0 Å². The van der Waals surface area contributed by atoms with Gasteiger partial charge in [0.2, 0.25) is 0 Å². The number of aliphatic carboxylic acids is 1. The molecule has 68 valence electrons. The van der Waals surface area contributed by atoms with Crippen LogP contribution in [0.2, 0.25) is 0 Å². The van der Waals surface area contributed by atoms with Crippen molar-refractivity contribution in [1.82, 2.24) is 4.90 Å². The third kappa shape index (κ3) is 2.73. The lowest BCUT2D eigenvalue weighted by Gasteiger charge is -2.12. The van der Waals surface area contributed by atoms with E-state index < -0.39 is 5.97 Å². The number of carbonyl (C=O) groups excluding carboxylic acids is 1. The van der Waals surface area contributed by atoms with E-state index in [-0.39, 0.29) is 11.7 Å². The quantitative estimate of drug-likeness (QED) is 0.717. The summed E-state index contributed by atoms with van der Waals surface area (Å²) >= 11 is 1.30. The van der Waals surface area contributed by atoms with Crippen LogP contribution in [0.1, 0.15) is 12.8 Å². The molecule has 5 heteroatoms. The van der Waals surface area contributed by atoms with Crippen LogP contribution in [0.4, 0.5) is 4.79 Å². The fraction of sp³-hybridized carbons (Fsp3) is 0.714. The van der Waals surface area contributed by atoms with Crippen molar-refractivity contribution in [1.29, 1.82) is 0 Å². The molecule has 0 bridgehead atoms. The molecule has 1 heterocycles. The van der Waals surface area contributed by atoms with Crippen LogP contribution in [0.15, 0.2) is 0 Å². The van der Waals surface area contributed by atoms with E-state index in [1.807, 2.05) is 0 Å². The lowest BCUT2D eigenvalue weighted by molar-refractivity contribution is -0.137. The van der Waals surface area contributed by atoms with Crippen LogP contribution in [0.5, 0.6) is 0 Å². The molecule has 0 radical (unpaired) electrons. The first kappa shape index (κ1) is 9.38. The van der Waals surface area contributed by atoms with Gasteiger partial charge in [-0.3, -0.25) is 9.59 Å². The molecule has 0 atom stereocenters. The number of thioether (sulfide) groups is 1. The number of hydrogen-bond acceptors (Lipinski definition) is 3. The summed E-state index contributed by atoms with van der Waals surface area (Å²) in [5, 5.41) is 8.43. The van der Waals surface area contributed by atoms with Crippen molar-refractivity contribution in [2.75, 3.05) is 18.8 Å². The molecule has 0 spiro atoms. The predicted octanol–water partition coefficient (Wildman–Crippen LogP) is 1.02. The Bertz CT molecular complexity index is 195. The normalized spacial score (nSPS) is 17.0. The molecule has 1 amide bonds. The Morgan fingerprint density at radius 2 is 2.42 bits per heavy atom. The number of rotatable bonds is 4. The molecule has 1 saturated heterocycles. The van der Waals surface area contributed by atoms with Gasteiger partial charge in [-0.2, -0.15) is 0 Å². The molecule has 1 aliphatic heterocycles. The zero-order valence-corrected chi connectivity index (χ0v) is 7.47. The van der Waals surface area contributed by atoms with Crippen LogP contribution in [0.25, 0.3) is 0 Å². The molecule has 4 nitrogen and oxygen atoms in total. The monoisotopic (exact) mass is 189 g/mol. The average Bonchev–Trinajstić information content (AvgIpc) is 2.36. The van der Waals surface area contributed by atoms with Gasteiger partial charge in [0.15, 0.2) is 0 Å². The van der Waals surface area contributed by atoms with E-state index in [2.05, 4.69) is 0 Å². The smallest absolute Gasteiger partial charge is 0.303 e. The summed E-state index contributed by atoms with van der Waals surface area (Å²) in [7, 11) is 0. The Morgan fingerprint density at radius 1 is 1.67 bits per heavy atom. The summed E-state index contributed by atoms with van der Waals surface area (Å²) in [6, 6.07) is 0. The molecule has 0 saturated carbocycles. The minimum absolute atomic E-state index is 0.0837. The minimum Gasteiger partial charge on any atom is -0.481 e. The Balaban J connectivity index is 2.14. The molecule has 1 N–H and O–H groups in total. The summed E-state index contributed by atoms with van der Waals surface area (Å²) in [4.78, 5) is 22.8. The summed E-state index contributed by atoms with van der Waals surface area (Å²) < 4.78 is 0. The number of nitrogens with zero attached hydrogens (tertiary/aromatic N) is 1. The molecule has 0 aromatic rings. The zero-order chi connectivity index (χ0) is 8.97. The Labute approximate surface area is 74.9 Å². The van der Waals surface area contributed by atoms with Crippen LogP contribution in [-0.4, -0.2) is 40.1 Å². The van der Waals surface area contributed by atoms with Gasteiger partial charge in [-0.05, 0) is 6.42 Å². The maximum Gasteiger partial charge on any atom is 0.303 e. The van der Waals surface area contributed by atoms with Crippen LogP contribution >= 0.6 is 11.8 Å². The van der Waals surface area contributed by atoms with Gasteiger partial charge in [0, 0.05) is 25.3 Å². The van der Waals surface area contributed by atoms with Gasteiger partial charge >= 0.3 is 5.97 Å². The van der Waals surface area contributed by atoms with Crippen LogP contribution in [-0.2, 0) is 4.79 Å². The fourth-order valence-corrected chi connectivity index (χ4v) is 1.90. The highest BCUT2D eigenvalue weighted by Crippen LogP contribution is 2.17. The van der Waals surface area contributed by atoms with Crippen molar-refractivity contribution in [3.8, 4) is 0 Å². The largest absolute Gasteiger partial charge is 0.481 e. The van der Waals surface area contributed by atoms with Gasteiger partial charge in [-0.15, -0.1) is 0 Å². The SMILES string of the molecule is O=C(O)CCCN1CCSC1=O. The first-order chi connectivity index (χ1) is 5.70. The van der Waals surface area contributed by atoms with E-state index in [9.17, 15) is 9.59 Å².